The molecule has 1 aromatic rings. The number of fused-ring (bicyclic) bond motifs is 1. The Bertz CT molecular complexity index is 572. The Hall–Kier alpha value is -2.28. The van der Waals surface area contributed by atoms with E-state index >= 15 is 0 Å². The van der Waals surface area contributed by atoms with Crippen LogP contribution in [-0.2, 0) is 0 Å². The van der Waals surface area contributed by atoms with Crippen molar-refractivity contribution in [3.63, 3.8) is 0 Å². The maximum Gasteiger partial charge on any atom is 0.412 e. The Morgan fingerprint density at radius 2 is 2.05 bits per heavy atom. The highest BCUT2D eigenvalue weighted by molar-refractivity contribution is 5.96. The average molecular weight is 280 g/mol. The first-order chi connectivity index (χ1) is 9.36. The summed E-state index contributed by atoms with van der Waals surface area (Å²) < 4.78 is 5.04. The molecule has 1 aliphatic rings. The summed E-state index contributed by atoms with van der Waals surface area (Å²) in [5, 5.41) is 18.5. The van der Waals surface area contributed by atoms with Crippen LogP contribution in [0.3, 0.4) is 0 Å². The first-order valence-electron chi connectivity index (χ1n) is 6.09. The van der Waals surface area contributed by atoms with Gasteiger partial charge in [0.15, 0.2) is 0 Å². The number of carbonyl (C=O) groups is 2. The largest absolute Gasteiger partial charge is 0.496 e. The zero-order valence-corrected chi connectivity index (χ0v) is 11.2. The molecule has 0 fully saturated rings. The number of carboxylic acids is 1. The highest BCUT2D eigenvalue weighted by Gasteiger charge is 2.34. The number of aromatic carboxylic acids is 1. The minimum absolute atomic E-state index is 0.0844. The molecule has 1 amide bonds. The van der Waals surface area contributed by atoms with Crippen LogP contribution < -0.4 is 15.4 Å². The molecule has 7 heteroatoms. The second kappa shape index (κ2) is 5.01. The summed E-state index contributed by atoms with van der Waals surface area (Å²) in [4.78, 5) is 23.7. The lowest BCUT2D eigenvalue weighted by Gasteiger charge is -2.36. The van der Waals surface area contributed by atoms with Gasteiger partial charge >= 0.3 is 12.1 Å². The summed E-state index contributed by atoms with van der Waals surface area (Å²) >= 11 is 0. The first-order valence-corrected chi connectivity index (χ1v) is 6.09. The molecule has 0 spiro atoms. The van der Waals surface area contributed by atoms with Crippen LogP contribution in [0.25, 0.3) is 0 Å². The van der Waals surface area contributed by atoms with E-state index in [-0.39, 0.29) is 23.4 Å². The highest BCUT2D eigenvalue weighted by Crippen LogP contribution is 2.39. The molecule has 0 bridgehead atoms. The number of anilines is 1. The molecule has 20 heavy (non-hydrogen) atoms. The molecule has 1 aromatic carbocycles. The van der Waals surface area contributed by atoms with E-state index < -0.39 is 12.1 Å². The fraction of sp³-hybridized carbons (Fsp3) is 0.385. The van der Waals surface area contributed by atoms with Crippen LogP contribution in [0.2, 0.25) is 0 Å². The molecule has 0 unspecified atom stereocenters. The number of methoxy groups -OCH3 is 1. The molecule has 0 aliphatic carbocycles. The molecule has 2 atom stereocenters. The van der Waals surface area contributed by atoms with Crippen LogP contribution >= 0.6 is 0 Å². The lowest BCUT2D eigenvalue weighted by atomic mass is 9.91. The molecule has 1 heterocycles. The highest BCUT2D eigenvalue weighted by atomic mass is 16.5. The van der Waals surface area contributed by atoms with E-state index in [0.717, 1.165) is 4.90 Å². The van der Waals surface area contributed by atoms with E-state index in [0.29, 0.717) is 17.7 Å². The Morgan fingerprint density at radius 1 is 1.40 bits per heavy atom. The molecule has 2 rings (SSSR count). The predicted octanol–water partition coefficient (Wildman–Crippen LogP) is 1.67. The molecule has 108 valence electrons. The van der Waals surface area contributed by atoms with Crippen molar-refractivity contribution < 1.29 is 24.5 Å². The van der Waals surface area contributed by atoms with Gasteiger partial charge in [0.1, 0.15) is 11.3 Å². The molecule has 0 aromatic heterocycles. The molecular weight excluding hydrogens is 264 g/mol. The Morgan fingerprint density at radius 3 is 2.55 bits per heavy atom. The lowest BCUT2D eigenvalue weighted by molar-refractivity contribution is 0.0693. The number of carboxylic acid groups (broad SMARTS) is 2. The quantitative estimate of drug-likeness (QED) is 0.759. The number of benzene rings is 1. The van der Waals surface area contributed by atoms with Gasteiger partial charge in [0.05, 0.1) is 12.8 Å². The standard InChI is InChI=1S/C13H16N2O5/c1-6-3-9(14)7-5-11(20-2)8(12(16)17)4-10(7)15(6)13(18)19/h4-6,9H,3,14H2,1-2H3,(H,16,17)(H,18,19)/t6-,9+/m1/s1. The van der Waals surface area contributed by atoms with Crippen LogP contribution in [0.1, 0.15) is 35.3 Å². The number of hydrogen-bond donors (Lipinski definition) is 3. The lowest BCUT2D eigenvalue weighted by Crippen LogP contribution is -2.44. The maximum absolute atomic E-state index is 11.4. The molecular formula is C13H16N2O5. The molecule has 1 aliphatic heterocycles. The summed E-state index contributed by atoms with van der Waals surface area (Å²) in [6.07, 6.45) is -0.665. The van der Waals surface area contributed by atoms with Gasteiger partial charge in [-0.3, -0.25) is 4.90 Å². The van der Waals surface area contributed by atoms with Gasteiger partial charge in [-0.2, -0.15) is 0 Å². The number of rotatable bonds is 2. The summed E-state index contributed by atoms with van der Waals surface area (Å²) in [5.41, 5.74) is 6.83. The van der Waals surface area contributed by atoms with Gasteiger partial charge in [0, 0.05) is 12.1 Å². The van der Waals surface area contributed by atoms with Crippen LogP contribution in [0.15, 0.2) is 12.1 Å². The van der Waals surface area contributed by atoms with Gasteiger partial charge in [-0.15, -0.1) is 0 Å². The summed E-state index contributed by atoms with van der Waals surface area (Å²) in [7, 11) is 1.36. The van der Waals surface area contributed by atoms with Crippen molar-refractivity contribution in [2.75, 3.05) is 12.0 Å². The van der Waals surface area contributed by atoms with Crippen LogP contribution in [-0.4, -0.2) is 35.4 Å². The van der Waals surface area contributed by atoms with Crippen molar-refractivity contribution in [2.24, 2.45) is 5.73 Å². The summed E-state index contributed by atoms with van der Waals surface area (Å²) in [6.45, 7) is 1.74. The van der Waals surface area contributed by atoms with Gasteiger partial charge in [0.2, 0.25) is 0 Å². The number of ether oxygens (including phenoxy) is 1. The summed E-state index contributed by atoms with van der Waals surface area (Å²) in [6, 6.07) is 2.14. The minimum atomic E-state index is -1.18. The Labute approximate surface area is 115 Å². The van der Waals surface area contributed by atoms with Crippen LogP contribution in [0.5, 0.6) is 5.75 Å². The van der Waals surface area contributed by atoms with Gasteiger partial charge in [-0.05, 0) is 31.0 Å². The molecule has 7 nitrogen and oxygen atoms in total. The third-order valence-corrected chi connectivity index (χ3v) is 3.48. The van der Waals surface area contributed by atoms with E-state index in [1.165, 1.54) is 19.2 Å². The second-order valence-electron chi connectivity index (χ2n) is 4.76. The molecule has 0 saturated heterocycles. The third kappa shape index (κ3) is 2.16. The van der Waals surface area contributed by atoms with E-state index in [1.54, 1.807) is 6.92 Å². The second-order valence-corrected chi connectivity index (χ2v) is 4.76. The van der Waals surface area contributed by atoms with Crippen LogP contribution in [0.4, 0.5) is 10.5 Å². The van der Waals surface area contributed by atoms with Crippen molar-refractivity contribution in [1.29, 1.82) is 0 Å². The Kier molecular flexibility index (Phi) is 3.54. The number of nitrogens with zero attached hydrogens (tertiary/aromatic N) is 1. The third-order valence-electron chi connectivity index (χ3n) is 3.48. The van der Waals surface area contributed by atoms with Crippen molar-refractivity contribution in [2.45, 2.75) is 25.4 Å². The number of amides is 1. The topological polar surface area (TPSA) is 113 Å². The zero-order chi connectivity index (χ0) is 15.0. The van der Waals surface area contributed by atoms with Gasteiger partial charge in [-0.25, -0.2) is 9.59 Å². The van der Waals surface area contributed by atoms with E-state index in [1.807, 2.05) is 0 Å². The van der Waals surface area contributed by atoms with Crippen molar-refractivity contribution in [1.82, 2.24) is 0 Å². The zero-order valence-electron chi connectivity index (χ0n) is 11.2. The van der Waals surface area contributed by atoms with Gasteiger partial charge < -0.3 is 20.7 Å². The van der Waals surface area contributed by atoms with Crippen molar-refractivity contribution >= 4 is 17.7 Å². The molecule has 4 N–H and O–H groups in total. The van der Waals surface area contributed by atoms with Crippen molar-refractivity contribution in [3.05, 3.63) is 23.3 Å². The number of nitrogens with two attached hydrogens (primary N) is 1. The van der Waals surface area contributed by atoms with E-state index in [9.17, 15) is 19.8 Å². The normalized spacial score (nSPS) is 21.2. The smallest absolute Gasteiger partial charge is 0.412 e. The predicted molar refractivity (Wildman–Crippen MR) is 71.5 cm³/mol. The fourth-order valence-electron chi connectivity index (χ4n) is 2.55. The minimum Gasteiger partial charge on any atom is -0.496 e. The summed E-state index contributed by atoms with van der Waals surface area (Å²) in [5.74, 6) is -1.01. The van der Waals surface area contributed by atoms with E-state index in [2.05, 4.69) is 0 Å². The SMILES string of the molecule is COc1cc2c(cc1C(=O)O)N(C(=O)O)[C@H](C)C[C@@H]2N. The first kappa shape index (κ1) is 14.1. The average Bonchev–Trinajstić information content (AvgIpc) is 2.36. The van der Waals surface area contributed by atoms with Gasteiger partial charge in [-0.1, -0.05) is 0 Å². The number of hydrogen-bond acceptors (Lipinski definition) is 4. The molecule has 0 saturated carbocycles. The maximum atomic E-state index is 11.4. The van der Waals surface area contributed by atoms with Crippen LogP contribution in [0, 0.1) is 0 Å². The monoisotopic (exact) mass is 280 g/mol. The van der Waals surface area contributed by atoms with E-state index in [4.69, 9.17) is 10.5 Å². The van der Waals surface area contributed by atoms with Gasteiger partial charge in [0.25, 0.3) is 0 Å². The Balaban J connectivity index is 2.67. The fourth-order valence-corrected chi connectivity index (χ4v) is 2.55. The van der Waals surface area contributed by atoms with Crippen molar-refractivity contribution in [3.8, 4) is 5.75 Å². The molecule has 0 radical (unpaired) electrons.